The topological polar surface area (TPSA) is 61.3 Å². The van der Waals surface area contributed by atoms with Crippen LogP contribution in [-0.4, -0.2) is 36.6 Å². The fourth-order valence-corrected chi connectivity index (χ4v) is 2.84. The van der Waals surface area contributed by atoms with Crippen molar-refractivity contribution >= 4 is 5.96 Å². The molecule has 0 fully saturated rings. The van der Waals surface area contributed by atoms with Gasteiger partial charge in [0.1, 0.15) is 0 Å². The number of hydrogen-bond donors (Lipinski definition) is 3. The normalized spacial score (nSPS) is 13.3. The molecule has 140 valence electrons. The molecule has 2 rings (SSSR count). The van der Waals surface area contributed by atoms with Crippen molar-refractivity contribution in [3.63, 3.8) is 0 Å². The maximum atomic E-state index is 4.34. The third-order valence-electron chi connectivity index (χ3n) is 4.23. The van der Waals surface area contributed by atoms with Crippen LogP contribution in [0.15, 0.2) is 59.7 Å². The third kappa shape index (κ3) is 6.84. The van der Waals surface area contributed by atoms with Crippen LogP contribution < -0.4 is 16.0 Å². The standard InChI is InChI=1S/C21H31N5/c1-17(18-10-6-5-7-11-18)26-21(2,3)16-25-20(22-4)24-15-13-19-12-8-9-14-23-19/h5-12,14,17,26H,13,15-16H2,1-4H3,(H2,22,24,25). The zero-order valence-electron chi connectivity index (χ0n) is 16.3. The molecule has 0 aliphatic carbocycles. The molecular formula is C21H31N5. The lowest BCUT2D eigenvalue weighted by Gasteiger charge is -2.31. The smallest absolute Gasteiger partial charge is 0.191 e. The van der Waals surface area contributed by atoms with Gasteiger partial charge in [-0.05, 0) is 38.5 Å². The maximum Gasteiger partial charge on any atom is 0.191 e. The van der Waals surface area contributed by atoms with Gasteiger partial charge in [-0.3, -0.25) is 9.98 Å². The minimum Gasteiger partial charge on any atom is -0.356 e. The van der Waals surface area contributed by atoms with Crippen molar-refractivity contribution in [2.24, 2.45) is 4.99 Å². The van der Waals surface area contributed by atoms with Gasteiger partial charge >= 0.3 is 0 Å². The van der Waals surface area contributed by atoms with Crippen molar-refractivity contribution in [2.75, 3.05) is 20.1 Å². The molecule has 5 heteroatoms. The molecule has 0 saturated heterocycles. The Bertz CT molecular complexity index is 667. The molecule has 0 amide bonds. The van der Waals surface area contributed by atoms with E-state index < -0.39 is 0 Å². The molecule has 0 bridgehead atoms. The molecule has 0 saturated carbocycles. The van der Waals surface area contributed by atoms with Crippen LogP contribution in [0.3, 0.4) is 0 Å². The van der Waals surface area contributed by atoms with Crippen LogP contribution in [0.5, 0.6) is 0 Å². The van der Waals surface area contributed by atoms with E-state index in [-0.39, 0.29) is 11.6 Å². The Morgan fingerprint density at radius 3 is 2.46 bits per heavy atom. The van der Waals surface area contributed by atoms with E-state index in [2.05, 4.69) is 71.0 Å². The highest BCUT2D eigenvalue weighted by molar-refractivity contribution is 5.79. The first-order valence-electron chi connectivity index (χ1n) is 9.17. The van der Waals surface area contributed by atoms with E-state index in [4.69, 9.17) is 0 Å². The number of aliphatic imine (C=N–C) groups is 1. The summed E-state index contributed by atoms with van der Waals surface area (Å²) in [4.78, 5) is 8.64. The highest BCUT2D eigenvalue weighted by Gasteiger charge is 2.21. The Morgan fingerprint density at radius 2 is 1.81 bits per heavy atom. The average Bonchev–Trinajstić information content (AvgIpc) is 2.65. The summed E-state index contributed by atoms with van der Waals surface area (Å²) in [7, 11) is 1.79. The summed E-state index contributed by atoms with van der Waals surface area (Å²) in [6.07, 6.45) is 2.69. The van der Waals surface area contributed by atoms with Crippen LogP contribution in [-0.2, 0) is 6.42 Å². The van der Waals surface area contributed by atoms with Crippen molar-refractivity contribution < 1.29 is 0 Å². The molecule has 0 spiro atoms. The molecule has 0 aliphatic heterocycles. The summed E-state index contributed by atoms with van der Waals surface area (Å²) in [5.41, 5.74) is 2.29. The van der Waals surface area contributed by atoms with Crippen molar-refractivity contribution in [1.29, 1.82) is 0 Å². The molecule has 2 aromatic rings. The molecule has 26 heavy (non-hydrogen) atoms. The first-order valence-corrected chi connectivity index (χ1v) is 9.17. The Hall–Kier alpha value is -2.40. The molecule has 1 heterocycles. The molecular weight excluding hydrogens is 322 g/mol. The Labute approximate surface area is 157 Å². The fraction of sp³-hybridized carbons (Fsp3) is 0.429. The maximum absolute atomic E-state index is 4.34. The SMILES string of the molecule is CN=C(NCCc1ccccn1)NCC(C)(C)NC(C)c1ccccc1. The molecule has 1 aromatic heterocycles. The second-order valence-corrected chi connectivity index (χ2v) is 7.08. The van der Waals surface area contributed by atoms with Crippen LogP contribution >= 0.6 is 0 Å². The quantitative estimate of drug-likeness (QED) is 0.504. The third-order valence-corrected chi connectivity index (χ3v) is 4.23. The largest absolute Gasteiger partial charge is 0.356 e. The van der Waals surface area contributed by atoms with Gasteiger partial charge in [-0.2, -0.15) is 0 Å². The minimum absolute atomic E-state index is 0.0755. The summed E-state index contributed by atoms with van der Waals surface area (Å²) in [5.74, 6) is 0.808. The number of pyridine rings is 1. The molecule has 3 N–H and O–H groups in total. The zero-order valence-corrected chi connectivity index (χ0v) is 16.3. The second kappa shape index (κ2) is 9.92. The number of guanidine groups is 1. The number of hydrogen-bond acceptors (Lipinski definition) is 3. The van der Waals surface area contributed by atoms with Gasteiger partial charge in [-0.15, -0.1) is 0 Å². The van der Waals surface area contributed by atoms with E-state index in [0.717, 1.165) is 31.2 Å². The Balaban J connectivity index is 1.77. The van der Waals surface area contributed by atoms with E-state index in [9.17, 15) is 0 Å². The van der Waals surface area contributed by atoms with Crippen molar-refractivity contribution in [1.82, 2.24) is 20.9 Å². The molecule has 1 aromatic carbocycles. The first-order chi connectivity index (χ1) is 12.5. The van der Waals surface area contributed by atoms with Gasteiger partial charge in [-0.1, -0.05) is 36.4 Å². The number of aromatic nitrogens is 1. The molecule has 1 unspecified atom stereocenters. The van der Waals surface area contributed by atoms with Crippen LogP contribution in [0.25, 0.3) is 0 Å². The minimum atomic E-state index is -0.0755. The highest BCUT2D eigenvalue weighted by atomic mass is 15.2. The second-order valence-electron chi connectivity index (χ2n) is 7.08. The zero-order chi connectivity index (χ0) is 18.8. The van der Waals surface area contributed by atoms with E-state index in [1.54, 1.807) is 7.05 Å². The fourth-order valence-electron chi connectivity index (χ4n) is 2.84. The lowest BCUT2D eigenvalue weighted by atomic mass is 10.0. The van der Waals surface area contributed by atoms with Crippen LogP contribution in [0.1, 0.15) is 38.1 Å². The number of rotatable bonds is 8. The summed E-state index contributed by atoms with van der Waals surface area (Å²) < 4.78 is 0. The van der Waals surface area contributed by atoms with Gasteiger partial charge in [0.15, 0.2) is 5.96 Å². The van der Waals surface area contributed by atoms with Crippen LogP contribution in [0.4, 0.5) is 0 Å². The van der Waals surface area contributed by atoms with Gasteiger partial charge in [0, 0.05) is 50.0 Å². The van der Waals surface area contributed by atoms with E-state index in [1.807, 2.05) is 30.5 Å². The summed E-state index contributed by atoms with van der Waals surface area (Å²) in [6, 6.07) is 16.8. The van der Waals surface area contributed by atoms with Gasteiger partial charge < -0.3 is 16.0 Å². The predicted molar refractivity (Wildman–Crippen MR) is 109 cm³/mol. The number of benzene rings is 1. The molecule has 1 atom stereocenters. The lowest BCUT2D eigenvalue weighted by Crippen LogP contribution is -2.52. The number of nitrogens with zero attached hydrogens (tertiary/aromatic N) is 2. The van der Waals surface area contributed by atoms with Crippen LogP contribution in [0, 0.1) is 0 Å². The predicted octanol–water partition coefficient (Wildman–Crippen LogP) is 2.92. The molecule has 5 nitrogen and oxygen atoms in total. The Morgan fingerprint density at radius 1 is 1.08 bits per heavy atom. The van der Waals surface area contributed by atoms with Crippen LogP contribution in [0.2, 0.25) is 0 Å². The number of nitrogens with one attached hydrogen (secondary N) is 3. The van der Waals surface area contributed by atoms with Crippen molar-refractivity contribution in [2.45, 2.75) is 38.8 Å². The van der Waals surface area contributed by atoms with Gasteiger partial charge in [0.05, 0.1) is 0 Å². The van der Waals surface area contributed by atoms with Gasteiger partial charge in [0.25, 0.3) is 0 Å². The average molecular weight is 354 g/mol. The van der Waals surface area contributed by atoms with Gasteiger partial charge in [-0.25, -0.2) is 0 Å². The highest BCUT2D eigenvalue weighted by Crippen LogP contribution is 2.15. The monoisotopic (exact) mass is 353 g/mol. The summed E-state index contributed by atoms with van der Waals surface area (Å²) in [6.45, 7) is 8.15. The van der Waals surface area contributed by atoms with E-state index in [1.165, 1.54) is 5.56 Å². The van der Waals surface area contributed by atoms with Gasteiger partial charge in [0.2, 0.25) is 0 Å². The molecule has 0 radical (unpaired) electrons. The van der Waals surface area contributed by atoms with E-state index in [0.29, 0.717) is 0 Å². The van der Waals surface area contributed by atoms with E-state index >= 15 is 0 Å². The first kappa shape index (κ1) is 19.9. The lowest BCUT2D eigenvalue weighted by molar-refractivity contribution is 0.345. The van der Waals surface area contributed by atoms with Crippen molar-refractivity contribution in [3.05, 3.63) is 66.0 Å². The summed E-state index contributed by atoms with van der Waals surface area (Å²) in [5, 5.41) is 10.4. The van der Waals surface area contributed by atoms with Crippen molar-refractivity contribution in [3.8, 4) is 0 Å². The Kier molecular flexibility index (Phi) is 7.60. The molecule has 0 aliphatic rings. The summed E-state index contributed by atoms with van der Waals surface area (Å²) >= 11 is 0.